The summed E-state index contributed by atoms with van der Waals surface area (Å²) in [6.07, 6.45) is 5.49. The van der Waals surface area contributed by atoms with Crippen LogP contribution in [-0.4, -0.2) is 36.1 Å². The fourth-order valence-electron chi connectivity index (χ4n) is 2.60. The average molecular weight is 371 g/mol. The van der Waals surface area contributed by atoms with Gasteiger partial charge in [-0.2, -0.15) is 0 Å². The number of methoxy groups -OCH3 is 1. The number of anilines is 1. The molecular weight excluding hydrogens is 345 g/mol. The number of hydrogen-bond donors (Lipinski definition) is 1. The van der Waals surface area contributed by atoms with Gasteiger partial charge in [0.1, 0.15) is 17.4 Å². The Hall–Kier alpha value is -2.89. The van der Waals surface area contributed by atoms with E-state index in [1.807, 2.05) is 0 Å². The molecular formula is C21H26FN3O2. The Balaban J connectivity index is 2.04. The molecule has 0 atom stereocenters. The Labute approximate surface area is 159 Å². The molecule has 0 radical (unpaired) electrons. The van der Waals surface area contributed by atoms with E-state index in [1.54, 1.807) is 48.5 Å². The number of amides is 2. The molecule has 0 saturated heterocycles. The van der Waals surface area contributed by atoms with Gasteiger partial charge in [0.15, 0.2) is 0 Å². The lowest BCUT2D eigenvalue weighted by atomic mass is 10.1. The van der Waals surface area contributed by atoms with Crippen molar-refractivity contribution >= 4 is 17.9 Å². The smallest absolute Gasteiger partial charge is 0.323 e. The van der Waals surface area contributed by atoms with Gasteiger partial charge in [-0.3, -0.25) is 5.32 Å². The summed E-state index contributed by atoms with van der Waals surface area (Å²) >= 11 is 0. The van der Waals surface area contributed by atoms with E-state index in [9.17, 15) is 9.18 Å². The van der Waals surface area contributed by atoms with Gasteiger partial charge in [0.25, 0.3) is 0 Å². The third kappa shape index (κ3) is 6.09. The van der Waals surface area contributed by atoms with Crippen molar-refractivity contribution in [1.82, 2.24) is 9.88 Å². The van der Waals surface area contributed by atoms with Crippen LogP contribution in [0.25, 0.3) is 6.08 Å². The zero-order valence-corrected chi connectivity index (χ0v) is 15.9. The molecule has 0 bridgehead atoms. The normalized spacial score (nSPS) is 10.3. The summed E-state index contributed by atoms with van der Waals surface area (Å²) in [5, 5.41) is 2.79. The maximum Gasteiger partial charge on any atom is 0.323 e. The topological polar surface area (TPSA) is 54.5 Å². The minimum absolute atomic E-state index is 0.249. The lowest BCUT2D eigenvalue weighted by molar-refractivity contribution is 0.211. The summed E-state index contributed by atoms with van der Waals surface area (Å²) < 4.78 is 19.1. The summed E-state index contributed by atoms with van der Waals surface area (Å²) in [5.41, 5.74) is 1.43. The number of hydrogen-bond acceptors (Lipinski definition) is 3. The first kappa shape index (κ1) is 20.4. The number of pyridine rings is 1. The second-order valence-corrected chi connectivity index (χ2v) is 6.16. The van der Waals surface area contributed by atoms with E-state index in [0.717, 1.165) is 18.4 Å². The zero-order chi connectivity index (χ0) is 19.6. The van der Waals surface area contributed by atoms with Crippen LogP contribution in [0.5, 0.6) is 5.75 Å². The summed E-state index contributed by atoms with van der Waals surface area (Å²) in [6, 6.07) is 8.05. The van der Waals surface area contributed by atoms with E-state index in [4.69, 9.17) is 4.74 Å². The van der Waals surface area contributed by atoms with Gasteiger partial charge >= 0.3 is 6.03 Å². The zero-order valence-electron chi connectivity index (χ0n) is 15.9. The number of ether oxygens (including phenoxy) is 1. The lowest BCUT2D eigenvalue weighted by Crippen LogP contribution is -2.37. The van der Waals surface area contributed by atoms with E-state index in [1.165, 1.54) is 6.07 Å². The molecule has 0 unspecified atom stereocenters. The molecule has 0 aliphatic carbocycles. The molecule has 1 heterocycles. The number of carbonyl (C=O) groups is 1. The molecule has 0 aliphatic rings. The number of halogens is 1. The average Bonchev–Trinajstić information content (AvgIpc) is 2.69. The van der Waals surface area contributed by atoms with Gasteiger partial charge < -0.3 is 9.64 Å². The maximum absolute atomic E-state index is 14.1. The first-order valence-electron chi connectivity index (χ1n) is 9.04. The van der Waals surface area contributed by atoms with Crippen LogP contribution in [0.3, 0.4) is 0 Å². The third-order valence-electron chi connectivity index (χ3n) is 4.23. The molecule has 0 aliphatic heterocycles. The van der Waals surface area contributed by atoms with Gasteiger partial charge in [-0.1, -0.05) is 32.1 Å². The molecule has 2 rings (SSSR count). The minimum Gasteiger partial charge on any atom is -0.495 e. The van der Waals surface area contributed by atoms with Crippen LogP contribution >= 0.6 is 0 Å². The van der Waals surface area contributed by atoms with Crippen LogP contribution in [0.15, 0.2) is 43.1 Å². The third-order valence-corrected chi connectivity index (χ3v) is 4.23. The second-order valence-electron chi connectivity index (χ2n) is 6.16. The Kier molecular flexibility index (Phi) is 7.79. The number of nitrogens with one attached hydrogen (secondary N) is 1. The quantitative estimate of drug-likeness (QED) is 0.692. The molecule has 1 aromatic carbocycles. The molecule has 27 heavy (non-hydrogen) atoms. The van der Waals surface area contributed by atoms with Crippen molar-refractivity contribution < 1.29 is 13.9 Å². The molecule has 2 amide bonds. The molecule has 144 valence electrons. The fraction of sp³-hybridized carbons (Fsp3) is 0.333. The molecule has 2 aromatic rings. The van der Waals surface area contributed by atoms with Crippen molar-refractivity contribution in [1.29, 1.82) is 0 Å². The number of carbonyl (C=O) groups excluding carboxylic acids is 1. The summed E-state index contributed by atoms with van der Waals surface area (Å²) in [4.78, 5) is 18.5. The number of aromatic nitrogens is 1. The van der Waals surface area contributed by atoms with Crippen LogP contribution in [0.1, 0.15) is 30.9 Å². The lowest BCUT2D eigenvalue weighted by Gasteiger charge is -2.23. The van der Waals surface area contributed by atoms with Crippen molar-refractivity contribution in [3.63, 3.8) is 0 Å². The van der Waals surface area contributed by atoms with E-state index in [2.05, 4.69) is 23.8 Å². The predicted molar refractivity (Wildman–Crippen MR) is 106 cm³/mol. The van der Waals surface area contributed by atoms with Crippen molar-refractivity contribution in [2.24, 2.45) is 0 Å². The van der Waals surface area contributed by atoms with Gasteiger partial charge in [-0.05, 0) is 48.2 Å². The molecule has 0 spiro atoms. The van der Waals surface area contributed by atoms with Crippen LogP contribution in [-0.2, 0) is 6.42 Å². The van der Waals surface area contributed by atoms with E-state index in [-0.39, 0.29) is 11.8 Å². The van der Waals surface area contributed by atoms with E-state index >= 15 is 0 Å². The summed E-state index contributed by atoms with van der Waals surface area (Å²) in [5.74, 6) is 0.795. The highest BCUT2D eigenvalue weighted by Crippen LogP contribution is 2.15. The monoisotopic (exact) mass is 371 g/mol. The highest BCUT2D eigenvalue weighted by atomic mass is 19.1. The van der Waals surface area contributed by atoms with Crippen LogP contribution in [0.4, 0.5) is 15.0 Å². The van der Waals surface area contributed by atoms with Gasteiger partial charge in [-0.15, -0.1) is 0 Å². The summed E-state index contributed by atoms with van der Waals surface area (Å²) in [7, 11) is 1.56. The highest BCUT2D eigenvalue weighted by molar-refractivity contribution is 5.88. The first-order valence-corrected chi connectivity index (χ1v) is 9.04. The highest BCUT2D eigenvalue weighted by Gasteiger charge is 2.15. The molecule has 1 N–H and O–H groups in total. The predicted octanol–water partition coefficient (Wildman–Crippen LogP) is 4.75. The van der Waals surface area contributed by atoms with Gasteiger partial charge in [-0.25, -0.2) is 14.2 Å². The van der Waals surface area contributed by atoms with Crippen molar-refractivity contribution in [2.75, 3.05) is 25.5 Å². The SMILES string of the molecule is C=Cc1ccc(F)c(CCN(CCCC)C(=O)Nc2ccc(OC)cn2)c1. The number of nitrogens with zero attached hydrogens (tertiary/aromatic N) is 2. The standard InChI is InChI=1S/C21H26FN3O2/c1-4-6-12-25(13-11-17-14-16(5-2)7-9-19(17)22)21(26)24-20-10-8-18(27-3)15-23-20/h5,7-10,14-15H,2,4,6,11-13H2,1,3H3,(H,23,24,26). The number of rotatable bonds is 9. The van der Waals surface area contributed by atoms with Crippen molar-refractivity contribution in [3.05, 3.63) is 60.1 Å². The Morgan fingerprint density at radius 2 is 2.15 bits per heavy atom. The van der Waals surface area contributed by atoms with Crippen molar-refractivity contribution in [2.45, 2.75) is 26.2 Å². The van der Waals surface area contributed by atoms with Gasteiger partial charge in [0.2, 0.25) is 0 Å². The van der Waals surface area contributed by atoms with E-state index in [0.29, 0.717) is 36.6 Å². The Morgan fingerprint density at radius 3 is 2.78 bits per heavy atom. The molecule has 0 saturated carbocycles. The molecule has 6 heteroatoms. The van der Waals surface area contributed by atoms with Crippen LogP contribution in [0, 0.1) is 5.82 Å². The number of benzene rings is 1. The van der Waals surface area contributed by atoms with Gasteiger partial charge in [0.05, 0.1) is 13.3 Å². The van der Waals surface area contributed by atoms with E-state index < -0.39 is 0 Å². The molecule has 1 aromatic heterocycles. The Morgan fingerprint density at radius 1 is 1.33 bits per heavy atom. The maximum atomic E-state index is 14.1. The first-order chi connectivity index (χ1) is 13.1. The largest absolute Gasteiger partial charge is 0.495 e. The second kappa shape index (κ2) is 10.3. The minimum atomic E-state index is -0.270. The van der Waals surface area contributed by atoms with Crippen LogP contribution < -0.4 is 10.1 Å². The van der Waals surface area contributed by atoms with Gasteiger partial charge in [0, 0.05) is 13.1 Å². The van der Waals surface area contributed by atoms with Crippen molar-refractivity contribution in [3.8, 4) is 5.75 Å². The fourth-order valence-corrected chi connectivity index (χ4v) is 2.60. The molecule has 5 nitrogen and oxygen atoms in total. The number of unbranched alkanes of at least 4 members (excludes halogenated alkanes) is 1. The number of urea groups is 1. The Bertz CT molecular complexity index is 763. The van der Waals surface area contributed by atoms with Crippen LogP contribution in [0.2, 0.25) is 0 Å². The molecule has 0 fully saturated rings. The summed E-state index contributed by atoms with van der Waals surface area (Å²) in [6.45, 7) is 6.79.